The van der Waals surface area contributed by atoms with Crippen molar-refractivity contribution in [2.75, 3.05) is 19.6 Å². The standard InChI is InChI=1S/C21H25N3O3/c1-15(25)24-11-9-18(10-12-24)23-21(27)14-22-20(26)13-17-7-4-6-16-5-2-3-8-19(16)17/h2-8,18H,9-14H2,1H3,(H,22,26)(H,23,27). The zero-order chi connectivity index (χ0) is 19.2. The highest BCUT2D eigenvalue weighted by molar-refractivity contribution is 5.91. The van der Waals surface area contributed by atoms with Gasteiger partial charge < -0.3 is 15.5 Å². The number of piperidine rings is 1. The number of nitrogens with zero attached hydrogens (tertiary/aromatic N) is 1. The van der Waals surface area contributed by atoms with E-state index in [9.17, 15) is 14.4 Å². The largest absolute Gasteiger partial charge is 0.352 e. The number of carbonyl (C=O) groups is 3. The summed E-state index contributed by atoms with van der Waals surface area (Å²) in [6, 6.07) is 13.9. The van der Waals surface area contributed by atoms with E-state index < -0.39 is 0 Å². The van der Waals surface area contributed by atoms with Crippen LogP contribution in [0.3, 0.4) is 0 Å². The van der Waals surface area contributed by atoms with E-state index in [0.717, 1.165) is 29.2 Å². The predicted octanol–water partition coefficient (Wildman–Crippen LogP) is 1.63. The molecular formula is C21H25N3O3. The van der Waals surface area contributed by atoms with Crippen LogP contribution in [0.4, 0.5) is 0 Å². The van der Waals surface area contributed by atoms with Crippen LogP contribution in [0, 0.1) is 0 Å². The van der Waals surface area contributed by atoms with Crippen molar-refractivity contribution in [2.45, 2.75) is 32.2 Å². The number of fused-ring (bicyclic) bond motifs is 1. The van der Waals surface area contributed by atoms with Crippen molar-refractivity contribution in [1.29, 1.82) is 0 Å². The van der Waals surface area contributed by atoms with E-state index >= 15 is 0 Å². The lowest BCUT2D eigenvalue weighted by Gasteiger charge is -2.31. The lowest BCUT2D eigenvalue weighted by atomic mass is 10.0. The van der Waals surface area contributed by atoms with Crippen molar-refractivity contribution in [3.63, 3.8) is 0 Å². The van der Waals surface area contributed by atoms with Gasteiger partial charge >= 0.3 is 0 Å². The van der Waals surface area contributed by atoms with Crippen molar-refractivity contribution in [3.8, 4) is 0 Å². The van der Waals surface area contributed by atoms with Crippen molar-refractivity contribution in [1.82, 2.24) is 15.5 Å². The Morgan fingerprint density at radius 1 is 1.00 bits per heavy atom. The summed E-state index contributed by atoms with van der Waals surface area (Å²) >= 11 is 0. The first-order valence-corrected chi connectivity index (χ1v) is 9.31. The fourth-order valence-electron chi connectivity index (χ4n) is 3.48. The third-order valence-corrected chi connectivity index (χ3v) is 4.98. The van der Waals surface area contributed by atoms with Crippen LogP contribution in [0.5, 0.6) is 0 Å². The number of hydrogen-bond donors (Lipinski definition) is 2. The molecule has 2 aromatic rings. The lowest BCUT2D eigenvalue weighted by molar-refractivity contribution is -0.130. The summed E-state index contributed by atoms with van der Waals surface area (Å²) in [6.07, 6.45) is 1.73. The van der Waals surface area contributed by atoms with Crippen LogP contribution in [0.1, 0.15) is 25.3 Å². The van der Waals surface area contributed by atoms with E-state index in [1.165, 1.54) is 0 Å². The van der Waals surface area contributed by atoms with Crippen molar-refractivity contribution in [2.24, 2.45) is 0 Å². The van der Waals surface area contributed by atoms with Gasteiger partial charge in [0, 0.05) is 26.1 Å². The molecule has 0 bridgehead atoms. The topological polar surface area (TPSA) is 78.5 Å². The Morgan fingerprint density at radius 2 is 1.70 bits per heavy atom. The summed E-state index contributed by atoms with van der Waals surface area (Å²) in [6.45, 7) is 2.85. The van der Waals surface area contributed by atoms with Crippen LogP contribution in [0.15, 0.2) is 42.5 Å². The Labute approximate surface area is 158 Å². The molecule has 27 heavy (non-hydrogen) atoms. The summed E-state index contributed by atoms with van der Waals surface area (Å²) < 4.78 is 0. The molecule has 0 spiro atoms. The minimum Gasteiger partial charge on any atom is -0.352 e. The van der Waals surface area contributed by atoms with Gasteiger partial charge in [-0.3, -0.25) is 14.4 Å². The Morgan fingerprint density at radius 3 is 2.44 bits per heavy atom. The fraction of sp³-hybridized carbons (Fsp3) is 0.381. The van der Waals surface area contributed by atoms with Crippen LogP contribution in [0.25, 0.3) is 10.8 Å². The molecule has 1 saturated heterocycles. The van der Waals surface area contributed by atoms with Crippen molar-refractivity contribution >= 4 is 28.5 Å². The summed E-state index contributed by atoms with van der Waals surface area (Å²) in [5.41, 5.74) is 0.947. The Balaban J connectivity index is 1.45. The normalized spacial score (nSPS) is 14.8. The summed E-state index contributed by atoms with van der Waals surface area (Å²) in [5.74, 6) is -0.295. The molecule has 0 unspecified atom stereocenters. The molecule has 142 valence electrons. The monoisotopic (exact) mass is 367 g/mol. The molecule has 0 saturated carbocycles. The van der Waals surface area contributed by atoms with Crippen LogP contribution < -0.4 is 10.6 Å². The van der Waals surface area contributed by atoms with Crippen LogP contribution in [0.2, 0.25) is 0 Å². The number of likely N-dealkylation sites (tertiary alicyclic amines) is 1. The molecule has 0 aromatic heterocycles. The molecule has 1 heterocycles. The molecule has 1 aliphatic rings. The van der Waals surface area contributed by atoms with Gasteiger partial charge in [0.1, 0.15) is 0 Å². The molecule has 2 aromatic carbocycles. The molecule has 6 nitrogen and oxygen atoms in total. The van der Waals surface area contributed by atoms with E-state index in [-0.39, 0.29) is 36.7 Å². The van der Waals surface area contributed by atoms with Gasteiger partial charge in [-0.1, -0.05) is 42.5 Å². The first kappa shape index (κ1) is 18.9. The van der Waals surface area contributed by atoms with E-state index in [4.69, 9.17) is 0 Å². The second-order valence-corrected chi connectivity index (χ2v) is 6.94. The number of amides is 3. The van der Waals surface area contributed by atoms with Crippen LogP contribution in [-0.4, -0.2) is 48.3 Å². The highest BCUT2D eigenvalue weighted by atomic mass is 16.2. The van der Waals surface area contributed by atoms with E-state index in [2.05, 4.69) is 10.6 Å². The molecule has 3 amide bonds. The molecular weight excluding hydrogens is 342 g/mol. The maximum absolute atomic E-state index is 12.2. The molecule has 0 radical (unpaired) electrons. The maximum atomic E-state index is 12.2. The first-order chi connectivity index (χ1) is 13.0. The van der Waals surface area contributed by atoms with E-state index in [1.54, 1.807) is 11.8 Å². The predicted molar refractivity (Wildman–Crippen MR) is 104 cm³/mol. The minimum atomic E-state index is -0.192. The van der Waals surface area contributed by atoms with Gasteiger partial charge in [-0.15, -0.1) is 0 Å². The SMILES string of the molecule is CC(=O)N1CCC(NC(=O)CNC(=O)Cc2cccc3ccccc23)CC1. The van der Waals surface area contributed by atoms with Crippen LogP contribution in [-0.2, 0) is 20.8 Å². The molecule has 1 fully saturated rings. The van der Waals surface area contributed by atoms with Gasteiger partial charge in [0.2, 0.25) is 17.7 Å². The number of hydrogen-bond acceptors (Lipinski definition) is 3. The van der Waals surface area contributed by atoms with Gasteiger partial charge in [0.05, 0.1) is 13.0 Å². The van der Waals surface area contributed by atoms with Crippen LogP contribution >= 0.6 is 0 Å². The smallest absolute Gasteiger partial charge is 0.239 e. The number of carbonyl (C=O) groups excluding carboxylic acids is 3. The quantitative estimate of drug-likeness (QED) is 0.843. The number of nitrogens with one attached hydrogen (secondary N) is 2. The number of benzene rings is 2. The highest BCUT2D eigenvalue weighted by Gasteiger charge is 2.22. The maximum Gasteiger partial charge on any atom is 0.239 e. The molecule has 0 atom stereocenters. The zero-order valence-corrected chi connectivity index (χ0v) is 15.5. The average molecular weight is 367 g/mol. The summed E-state index contributed by atoms with van der Waals surface area (Å²) in [5, 5.41) is 7.78. The lowest BCUT2D eigenvalue weighted by Crippen LogP contribution is -2.48. The highest BCUT2D eigenvalue weighted by Crippen LogP contribution is 2.18. The van der Waals surface area contributed by atoms with Gasteiger partial charge in [0.15, 0.2) is 0 Å². The Kier molecular flexibility index (Phi) is 6.06. The Bertz CT molecular complexity index is 836. The first-order valence-electron chi connectivity index (χ1n) is 9.31. The molecule has 1 aliphatic heterocycles. The van der Waals surface area contributed by atoms with Gasteiger partial charge in [0.25, 0.3) is 0 Å². The van der Waals surface area contributed by atoms with Gasteiger partial charge in [-0.2, -0.15) is 0 Å². The molecule has 3 rings (SSSR count). The van der Waals surface area contributed by atoms with Crippen molar-refractivity contribution < 1.29 is 14.4 Å². The van der Waals surface area contributed by atoms with Crippen molar-refractivity contribution in [3.05, 3.63) is 48.0 Å². The number of rotatable bonds is 5. The average Bonchev–Trinajstić information content (AvgIpc) is 2.67. The third kappa shape index (κ3) is 5.06. The van der Waals surface area contributed by atoms with E-state index in [0.29, 0.717) is 13.1 Å². The Hall–Kier alpha value is -2.89. The second-order valence-electron chi connectivity index (χ2n) is 6.94. The molecule has 0 aliphatic carbocycles. The third-order valence-electron chi connectivity index (χ3n) is 4.98. The molecule has 6 heteroatoms. The minimum absolute atomic E-state index is 0.0312. The zero-order valence-electron chi connectivity index (χ0n) is 15.5. The summed E-state index contributed by atoms with van der Waals surface area (Å²) in [4.78, 5) is 37.4. The van der Waals surface area contributed by atoms with E-state index in [1.807, 2.05) is 42.5 Å². The fourth-order valence-corrected chi connectivity index (χ4v) is 3.48. The van der Waals surface area contributed by atoms with Gasteiger partial charge in [-0.25, -0.2) is 0 Å². The van der Waals surface area contributed by atoms with Gasteiger partial charge in [-0.05, 0) is 29.2 Å². The molecule has 2 N–H and O–H groups in total. The summed E-state index contributed by atoms with van der Waals surface area (Å²) in [7, 11) is 0. The second kappa shape index (κ2) is 8.66.